The normalized spacial score (nSPS) is 27.9. The van der Waals surface area contributed by atoms with Crippen LogP contribution in [-0.4, -0.2) is 24.4 Å². The van der Waals surface area contributed by atoms with Crippen LogP contribution < -0.4 is 4.90 Å². The first-order valence-corrected chi connectivity index (χ1v) is 13.2. The van der Waals surface area contributed by atoms with Crippen LogP contribution >= 0.6 is 31.9 Å². The van der Waals surface area contributed by atoms with E-state index < -0.39 is 26.5 Å². The molecular weight excluding hydrogens is 574 g/mol. The summed E-state index contributed by atoms with van der Waals surface area (Å²) in [7, 11) is 0. The summed E-state index contributed by atoms with van der Waals surface area (Å²) in [6, 6.07) is 22.5. The maximum atomic E-state index is 14.0. The third-order valence-corrected chi connectivity index (χ3v) is 10.1. The first-order valence-electron chi connectivity index (χ1n) is 11.6. The smallest absolute Gasteiger partial charge is 0.338 e. The van der Waals surface area contributed by atoms with Gasteiger partial charge in [0.1, 0.15) is 0 Å². The third kappa shape index (κ3) is 2.82. The molecule has 5 nitrogen and oxygen atoms in total. The van der Waals surface area contributed by atoms with Crippen molar-refractivity contribution in [3.8, 4) is 0 Å². The van der Waals surface area contributed by atoms with Crippen molar-refractivity contribution in [1.82, 2.24) is 0 Å². The van der Waals surface area contributed by atoms with Gasteiger partial charge in [0.2, 0.25) is 11.8 Å². The molecule has 35 heavy (non-hydrogen) atoms. The van der Waals surface area contributed by atoms with Crippen molar-refractivity contribution in [3.05, 3.63) is 101 Å². The van der Waals surface area contributed by atoms with Gasteiger partial charge in [-0.2, -0.15) is 0 Å². The molecule has 1 heterocycles. The van der Waals surface area contributed by atoms with E-state index in [1.165, 1.54) is 4.90 Å². The van der Waals surface area contributed by atoms with Crippen molar-refractivity contribution in [2.24, 2.45) is 11.8 Å². The van der Waals surface area contributed by atoms with E-state index in [0.717, 1.165) is 28.7 Å². The van der Waals surface area contributed by atoms with E-state index in [9.17, 15) is 14.4 Å². The lowest BCUT2D eigenvalue weighted by molar-refractivity contribution is -0.122. The largest absolute Gasteiger partial charge is 0.462 e. The molecule has 0 saturated carbocycles. The molecule has 0 N–H and O–H groups in total. The Hall–Kier alpha value is -2.77. The zero-order chi connectivity index (χ0) is 24.5. The summed E-state index contributed by atoms with van der Waals surface area (Å²) in [5, 5.41) is 0. The number of esters is 1. The van der Waals surface area contributed by atoms with Crippen molar-refractivity contribution < 1.29 is 19.1 Å². The number of alkyl halides is 2. The van der Waals surface area contributed by atoms with Crippen LogP contribution in [0.15, 0.2) is 72.8 Å². The molecule has 3 aromatic rings. The zero-order valence-corrected chi connectivity index (χ0v) is 22.0. The summed E-state index contributed by atoms with van der Waals surface area (Å²) >= 11 is 8.00. The lowest BCUT2D eigenvalue weighted by atomic mass is 9.54. The Morgan fingerprint density at radius 1 is 0.800 bits per heavy atom. The van der Waals surface area contributed by atoms with Gasteiger partial charge in [-0.1, -0.05) is 87.3 Å². The molecule has 0 spiro atoms. The van der Waals surface area contributed by atoms with Crippen LogP contribution in [0.2, 0.25) is 0 Å². The van der Waals surface area contributed by atoms with Gasteiger partial charge < -0.3 is 4.74 Å². The molecule has 4 aliphatic rings. The van der Waals surface area contributed by atoms with Crippen molar-refractivity contribution in [3.63, 3.8) is 0 Å². The summed E-state index contributed by atoms with van der Waals surface area (Å²) in [5.74, 6) is -2.20. The van der Waals surface area contributed by atoms with E-state index in [2.05, 4.69) is 31.9 Å². The van der Waals surface area contributed by atoms with Crippen molar-refractivity contribution in [1.29, 1.82) is 0 Å². The lowest BCUT2D eigenvalue weighted by Gasteiger charge is -2.55. The number of anilines is 1. The van der Waals surface area contributed by atoms with Gasteiger partial charge in [-0.15, -0.1) is 0 Å². The Bertz CT molecular complexity index is 1280. The molecule has 2 atom stereocenters. The molecule has 0 aromatic heterocycles. The molecular formula is C28H21Br2NO4. The highest BCUT2D eigenvalue weighted by atomic mass is 79.9. The van der Waals surface area contributed by atoms with Crippen LogP contribution in [0.1, 0.15) is 46.0 Å². The second kappa shape index (κ2) is 7.87. The number of hydrogen-bond acceptors (Lipinski definition) is 4. The molecule has 1 fully saturated rings. The topological polar surface area (TPSA) is 63.7 Å². The average Bonchev–Trinajstić information content (AvgIpc) is 3.17. The number of benzene rings is 3. The monoisotopic (exact) mass is 593 g/mol. The van der Waals surface area contributed by atoms with Crippen LogP contribution in [0.3, 0.4) is 0 Å². The molecule has 0 unspecified atom stereocenters. The number of halogens is 2. The summed E-state index contributed by atoms with van der Waals surface area (Å²) in [5.41, 5.74) is 4.80. The van der Waals surface area contributed by atoms with Gasteiger partial charge in [-0.3, -0.25) is 9.59 Å². The number of hydrogen-bond donors (Lipinski definition) is 0. The SMILES string of the molecule is CCCOC(=O)c1ccc(N2C(=O)[C@@H]3[C@@H](C2=O)C2(Br)c4ccccc4C3(Br)c3ccccc32)cc1. The van der Waals surface area contributed by atoms with E-state index in [1.54, 1.807) is 24.3 Å². The molecule has 1 aliphatic heterocycles. The molecule has 7 rings (SSSR count). The highest BCUT2D eigenvalue weighted by molar-refractivity contribution is 9.10. The van der Waals surface area contributed by atoms with Gasteiger partial charge in [-0.25, -0.2) is 9.69 Å². The zero-order valence-electron chi connectivity index (χ0n) is 18.8. The van der Waals surface area contributed by atoms with E-state index in [0.29, 0.717) is 17.9 Å². The van der Waals surface area contributed by atoms with Crippen molar-refractivity contribution in [2.75, 3.05) is 11.5 Å². The quantitative estimate of drug-likeness (QED) is 0.222. The van der Waals surface area contributed by atoms with Crippen molar-refractivity contribution in [2.45, 2.75) is 22.0 Å². The first kappa shape index (κ1) is 22.7. The fraction of sp³-hybridized carbons (Fsp3) is 0.250. The maximum Gasteiger partial charge on any atom is 0.338 e. The molecule has 2 amide bonds. The van der Waals surface area contributed by atoms with Gasteiger partial charge in [0, 0.05) is 0 Å². The van der Waals surface area contributed by atoms with Crippen LogP contribution in [-0.2, 0) is 23.0 Å². The summed E-state index contributed by atoms with van der Waals surface area (Å²) in [4.78, 5) is 41.6. The maximum absolute atomic E-state index is 14.0. The molecule has 1 saturated heterocycles. The van der Waals surface area contributed by atoms with Crippen molar-refractivity contribution >= 4 is 55.3 Å². The lowest BCUT2D eigenvalue weighted by Crippen LogP contribution is -2.56. The van der Waals surface area contributed by atoms with E-state index in [1.807, 2.05) is 55.5 Å². The van der Waals surface area contributed by atoms with E-state index in [-0.39, 0.29) is 11.8 Å². The van der Waals surface area contributed by atoms with Gasteiger partial charge in [0.25, 0.3) is 0 Å². The number of carbonyl (C=O) groups excluding carboxylic acids is 3. The summed E-state index contributed by atoms with van der Waals surface area (Å²) in [6.45, 7) is 2.27. The van der Waals surface area contributed by atoms with E-state index >= 15 is 0 Å². The fourth-order valence-electron chi connectivity index (χ4n) is 5.95. The minimum Gasteiger partial charge on any atom is -0.462 e. The molecule has 3 aromatic carbocycles. The Morgan fingerprint density at radius 2 is 1.23 bits per heavy atom. The molecule has 3 aliphatic carbocycles. The molecule has 7 heteroatoms. The standard InChI is InChI=1S/C28H21Br2NO4/c1-2-15-35-26(34)16-11-13-17(14-12-16)31-24(32)22-23(25(31)33)28(30)19-8-4-3-7-18(19)27(22,29)20-9-5-6-10-21(20)28/h3-14,22-23H,2,15H2,1H3/t22-,23-,27?,28?/m0/s1. The second-order valence-corrected chi connectivity index (χ2v) is 11.7. The van der Waals surface area contributed by atoms with Gasteiger partial charge in [-0.05, 0) is 52.9 Å². The summed E-state index contributed by atoms with van der Waals surface area (Å²) in [6.07, 6.45) is 0.733. The Morgan fingerprint density at radius 3 is 1.63 bits per heavy atom. The predicted octanol–water partition coefficient (Wildman–Crippen LogP) is 5.66. The Balaban J connectivity index is 1.47. The first-order chi connectivity index (χ1) is 16.8. The number of ether oxygens (including phenoxy) is 1. The minimum absolute atomic E-state index is 0.258. The van der Waals surface area contributed by atoms with Crippen LogP contribution in [0.5, 0.6) is 0 Å². The van der Waals surface area contributed by atoms with Crippen LogP contribution in [0.25, 0.3) is 0 Å². The predicted molar refractivity (Wildman–Crippen MR) is 139 cm³/mol. The highest BCUT2D eigenvalue weighted by Crippen LogP contribution is 2.70. The van der Waals surface area contributed by atoms with Gasteiger partial charge in [0.15, 0.2) is 0 Å². The highest BCUT2D eigenvalue weighted by Gasteiger charge is 2.72. The average molecular weight is 595 g/mol. The summed E-state index contributed by atoms with van der Waals surface area (Å²) < 4.78 is 3.54. The van der Waals surface area contributed by atoms with Gasteiger partial charge in [0.05, 0.1) is 38.3 Å². The Kier molecular flexibility index (Phi) is 5.10. The van der Waals surface area contributed by atoms with Crippen LogP contribution in [0, 0.1) is 11.8 Å². The number of rotatable bonds is 4. The number of imide groups is 1. The van der Waals surface area contributed by atoms with Gasteiger partial charge >= 0.3 is 5.97 Å². The third-order valence-electron chi connectivity index (χ3n) is 7.38. The Labute approximate surface area is 219 Å². The minimum atomic E-state index is -0.828. The number of amides is 2. The van der Waals surface area contributed by atoms with Crippen LogP contribution in [0.4, 0.5) is 5.69 Å². The molecule has 2 bridgehead atoms. The number of nitrogens with zero attached hydrogens (tertiary/aromatic N) is 1. The second-order valence-electron chi connectivity index (χ2n) is 9.16. The van der Waals surface area contributed by atoms with E-state index in [4.69, 9.17) is 4.74 Å². The number of carbonyl (C=O) groups is 3. The fourth-order valence-corrected chi connectivity index (χ4v) is 8.25. The molecule has 0 radical (unpaired) electrons. The molecule has 176 valence electrons.